The van der Waals surface area contributed by atoms with Crippen LogP contribution >= 0.6 is 0 Å². The summed E-state index contributed by atoms with van der Waals surface area (Å²) >= 11 is 0. The van der Waals surface area contributed by atoms with Gasteiger partial charge in [0.05, 0.1) is 0 Å². The van der Waals surface area contributed by atoms with Crippen LogP contribution in [0, 0.1) is 35.5 Å². The summed E-state index contributed by atoms with van der Waals surface area (Å²) in [6.07, 6.45) is 12.1. The molecule has 2 rings (SSSR count). The molecule has 4 atom stereocenters. The highest BCUT2D eigenvalue weighted by molar-refractivity contribution is 4.79. The maximum absolute atomic E-state index is 2.47. The van der Waals surface area contributed by atoms with Crippen molar-refractivity contribution >= 4 is 0 Å². The first kappa shape index (κ1) is 14.4. The van der Waals surface area contributed by atoms with Crippen LogP contribution < -0.4 is 0 Å². The first-order valence-corrected chi connectivity index (χ1v) is 8.52. The summed E-state index contributed by atoms with van der Waals surface area (Å²) in [6, 6.07) is 0. The fraction of sp³-hybridized carbons (Fsp3) is 1.00. The summed E-state index contributed by atoms with van der Waals surface area (Å²) in [5.41, 5.74) is 0. The maximum Gasteiger partial charge on any atom is -0.0409 e. The van der Waals surface area contributed by atoms with Crippen molar-refractivity contribution in [3.8, 4) is 0 Å². The molecule has 0 radical (unpaired) electrons. The molecule has 0 heterocycles. The van der Waals surface area contributed by atoms with Crippen LogP contribution in [0.5, 0.6) is 0 Å². The monoisotopic (exact) mass is 250 g/mol. The first-order chi connectivity index (χ1) is 8.52. The van der Waals surface area contributed by atoms with Gasteiger partial charge in [-0.2, -0.15) is 0 Å². The van der Waals surface area contributed by atoms with Gasteiger partial charge in [0.15, 0.2) is 0 Å². The van der Waals surface area contributed by atoms with E-state index in [1.807, 2.05) is 0 Å². The summed E-state index contributed by atoms with van der Waals surface area (Å²) in [5.74, 6) is 6.06. The van der Waals surface area contributed by atoms with E-state index in [0.717, 1.165) is 35.5 Å². The van der Waals surface area contributed by atoms with E-state index in [9.17, 15) is 0 Å². The molecule has 0 aromatic rings. The summed E-state index contributed by atoms with van der Waals surface area (Å²) in [7, 11) is 0. The van der Waals surface area contributed by atoms with Gasteiger partial charge < -0.3 is 0 Å². The molecular weight excluding hydrogens is 216 g/mol. The Bertz CT molecular complexity index is 198. The van der Waals surface area contributed by atoms with E-state index in [1.54, 1.807) is 0 Å². The van der Waals surface area contributed by atoms with Gasteiger partial charge in [-0.1, -0.05) is 40.5 Å². The third-order valence-corrected chi connectivity index (χ3v) is 5.54. The fourth-order valence-corrected chi connectivity index (χ4v) is 5.17. The fourth-order valence-electron chi connectivity index (χ4n) is 5.17. The number of hydrogen-bond donors (Lipinski definition) is 0. The van der Waals surface area contributed by atoms with E-state index in [0.29, 0.717) is 0 Å². The van der Waals surface area contributed by atoms with Crippen molar-refractivity contribution in [3.05, 3.63) is 0 Å². The van der Waals surface area contributed by atoms with Crippen LogP contribution in [-0.4, -0.2) is 0 Å². The molecule has 0 saturated heterocycles. The van der Waals surface area contributed by atoms with E-state index < -0.39 is 0 Å². The van der Waals surface area contributed by atoms with Crippen molar-refractivity contribution in [1.82, 2.24) is 0 Å². The Hall–Kier alpha value is 0. The Balaban J connectivity index is 1.73. The van der Waals surface area contributed by atoms with Gasteiger partial charge in [-0.05, 0) is 74.0 Å². The SMILES string of the molecule is CC1CC(C)CC(CCC2CC(C)CC(C)C2)C1. The average Bonchev–Trinajstić information content (AvgIpc) is 2.23. The quantitative estimate of drug-likeness (QED) is 0.584. The Morgan fingerprint density at radius 3 is 1.06 bits per heavy atom. The second kappa shape index (κ2) is 6.44. The summed E-state index contributed by atoms with van der Waals surface area (Å²) < 4.78 is 0. The molecule has 0 amide bonds. The molecule has 0 heteroatoms. The van der Waals surface area contributed by atoms with Gasteiger partial charge in [-0.25, -0.2) is 0 Å². The van der Waals surface area contributed by atoms with Gasteiger partial charge >= 0.3 is 0 Å². The normalized spacial score (nSPS) is 46.0. The van der Waals surface area contributed by atoms with Crippen LogP contribution in [0.2, 0.25) is 0 Å². The molecule has 0 bridgehead atoms. The van der Waals surface area contributed by atoms with Gasteiger partial charge in [-0.15, -0.1) is 0 Å². The molecule has 2 aliphatic carbocycles. The van der Waals surface area contributed by atoms with E-state index in [-0.39, 0.29) is 0 Å². The molecule has 0 spiro atoms. The summed E-state index contributed by atoms with van der Waals surface area (Å²) in [4.78, 5) is 0. The predicted molar refractivity (Wildman–Crippen MR) is 80.6 cm³/mol. The van der Waals surface area contributed by atoms with E-state index in [4.69, 9.17) is 0 Å². The van der Waals surface area contributed by atoms with Gasteiger partial charge in [0.2, 0.25) is 0 Å². The van der Waals surface area contributed by atoms with E-state index in [2.05, 4.69) is 27.7 Å². The second-order valence-corrected chi connectivity index (χ2v) is 8.14. The minimum atomic E-state index is 0.989. The lowest BCUT2D eigenvalue weighted by molar-refractivity contribution is 0.168. The average molecular weight is 250 g/mol. The standard InChI is InChI=1S/C18H34/c1-13-7-14(2)10-17(9-13)5-6-18-11-15(3)8-16(4)12-18/h13-18H,5-12H2,1-4H3. The van der Waals surface area contributed by atoms with Crippen molar-refractivity contribution in [1.29, 1.82) is 0 Å². The molecule has 0 aromatic heterocycles. The Morgan fingerprint density at radius 2 is 0.778 bits per heavy atom. The topological polar surface area (TPSA) is 0 Å². The highest BCUT2D eigenvalue weighted by atomic mass is 14.3. The minimum Gasteiger partial charge on any atom is -0.0625 e. The molecule has 2 saturated carbocycles. The number of rotatable bonds is 3. The van der Waals surface area contributed by atoms with E-state index in [1.165, 1.54) is 51.4 Å². The lowest BCUT2D eigenvalue weighted by atomic mass is 9.71. The van der Waals surface area contributed by atoms with Crippen LogP contribution in [0.15, 0.2) is 0 Å². The van der Waals surface area contributed by atoms with Crippen molar-refractivity contribution < 1.29 is 0 Å². The van der Waals surface area contributed by atoms with Crippen LogP contribution in [0.4, 0.5) is 0 Å². The molecule has 0 aromatic carbocycles. The molecule has 2 fully saturated rings. The van der Waals surface area contributed by atoms with Gasteiger partial charge in [0, 0.05) is 0 Å². The van der Waals surface area contributed by atoms with Crippen molar-refractivity contribution in [2.75, 3.05) is 0 Å². The van der Waals surface area contributed by atoms with Crippen LogP contribution in [0.25, 0.3) is 0 Å². The molecule has 0 nitrogen and oxygen atoms in total. The van der Waals surface area contributed by atoms with Crippen LogP contribution in [0.3, 0.4) is 0 Å². The highest BCUT2D eigenvalue weighted by Crippen LogP contribution is 2.39. The zero-order chi connectivity index (χ0) is 13.1. The highest BCUT2D eigenvalue weighted by Gasteiger charge is 2.27. The Kier molecular flexibility index (Phi) is 5.15. The zero-order valence-electron chi connectivity index (χ0n) is 13.1. The second-order valence-electron chi connectivity index (χ2n) is 8.14. The molecule has 0 N–H and O–H groups in total. The molecule has 2 aliphatic rings. The molecule has 18 heavy (non-hydrogen) atoms. The smallest absolute Gasteiger partial charge is 0.0409 e. The minimum absolute atomic E-state index is 0.989. The molecule has 106 valence electrons. The largest absolute Gasteiger partial charge is 0.0625 e. The predicted octanol–water partition coefficient (Wildman–Crippen LogP) is 5.91. The first-order valence-electron chi connectivity index (χ1n) is 8.52. The third-order valence-electron chi connectivity index (χ3n) is 5.54. The van der Waals surface area contributed by atoms with Crippen LogP contribution in [-0.2, 0) is 0 Å². The van der Waals surface area contributed by atoms with Crippen LogP contribution in [0.1, 0.15) is 79.1 Å². The lowest BCUT2D eigenvalue weighted by Crippen LogP contribution is -2.23. The van der Waals surface area contributed by atoms with Gasteiger partial charge in [0.25, 0.3) is 0 Å². The van der Waals surface area contributed by atoms with Gasteiger partial charge in [-0.3, -0.25) is 0 Å². The maximum atomic E-state index is 2.47. The number of hydrogen-bond acceptors (Lipinski definition) is 0. The molecule has 0 aliphatic heterocycles. The van der Waals surface area contributed by atoms with E-state index >= 15 is 0 Å². The molecular formula is C18H34. The Labute approximate surface area is 115 Å². The third kappa shape index (κ3) is 4.28. The lowest BCUT2D eigenvalue weighted by Gasteiger charge is -2.35. The summed E-state index contributed by atoms with van der Waals surface area (Å²) in [6.45, 7) is 9.86. The zero-order valence-corrected chi connectivity index (χ0v) is 13.1. The summed E-state index contributed by atoms with van der Waals surface area (Å²) in [5, 5.41) is 0. The van der Waals surface area contributed by atoms with Crippen molar-refractivity contribution in [2.24, 2.45) is 35.5 Å². The Morgan fingerprint density at radius 1 is 0.500 bits per heavy atom. The van der Waals surface area contributed by atoms with Gasteiger partial charge in [0.1, 0.15) is 0 Å². The van der Waals surface area contributed by atoms with Crippen molar-refractivity contribution in [3.63, 3.8) is 0 Å². The van der Waals surface area contributed by atoms with Crippen molar-refractivity contribution in [2.45, 2.75) is 79.1 Å². The molecule has 4 unspecified atom stereocenters.